The minimum absolute atomic E-state index is 0.248. The Balaban J connectivity index is 1.71. The van der Waals surface area contributed by atoms with Crippen LogP contribution in [-0.2, 0) is 23.7 Å². The van der Waals surface area contributed by atoms with Crippen LogP contribution in [0.3, 0.4) is 0 Å². The first-order valence-electron chi connectivity index (χ1n) is 8.89. The molecule has 0 radical (unpaired) electrons. The first kappa shape index (κ1) is 21.9. The average Bonchev–Trinajstić information content (AvgIpc) is 2.62. The Hall–Kier alpha value is -1.18. The number of benzene rings is 1. The van der Waals surface area contributed by atoms with Crippen molar-refractivity contribution in [2.24, 2.45) is 0 Å². The molecular formula is C19H32O6. The van der Waals surface area contributed by atoms with Crippen LogP contribution in [0.2, 0.25) is 0 Å². The van der Waals surface area contributed by atoms with E-state index in [9.17, 15) is 0 Å². The van der Waals surface area contributed by atoms with Crippen molar-refractivity contribution >= 4 is 0 Å². The van der Waals surface area contributed by atoms with Crippen molar-refractivity contribution in [3.63, 3.8) is 0 Å². The summed E-state index contributed by atoms with van der Waals surface area (Å²) in [6.07, 6.45) is 0.248. The normalized spacial score (nSPS) is 11.2. The highest BCUT2D eigenvalue weighted by Gasteiger charge is 1.95. The van der Waals surface area contributed by atoms with Crippen molar-refractivity contribution in [2.75, 3.05) is 66.1 Å². The predicted octanol–water partition coefficient (Wildman–Crippen LogP) is 2.56. The topological polar surface area (TPSA) is 55.4 Å². The van der Waals surface area contributed by atoms with Gasteiger partial charge in [-0.2, -0.15) is 0 Å². The van der Waals surface area contributed by atoms with Crippen LogP contribution in [0.25, 0.3) is 0 Å². The fourth-order valence-electron chi connectivity index (χ4n) is 1.84. The van der Waals surface area contributed by atoms with E-state index in [1.54, 1.807) is 0 Å². The molecule has 0 amide bonds. The van der Waals surface area contributed by atoms with Crippen LogP contribution in [0.5, 0.6) is 5.75 Å². The van der Waals surface area contributed by atoms with E-state index in [0.29, 0.717) is 66.1 Å². The quantitative estimate of drug-likeness (QED) is 0.400. The molecule has 1 rings (SSSR count). The van der Waals surface area contributed by atoms with Crippen molar-refractivity contribution in [3.8, 4) is 5.75 Å². The van der Waals surface area contributed by atoms with Crippen LogP contribution >= 0.6 is 0 Å². The minimum atomic E-state index is 0.248. The van der Waals surface area contributed by atoms with Gasteiger partial charge in [-0.1, -0.05) is 18.2 Å². The lowest BCUT2D eigenvalue weighted by Gasteiger charge is -2.09. The Kier molecular flexibility index (Phi) is 14.3. The second kappa shape index (κ2) is 16.3. The second-order valence-corrected chi connectivity index (χ2v) is 5.53. The highest BCUT2D eigenvalue weighted by Crippen LogP contribution is 2.07. The van der Waals surface area contributed by atoms with Crippen LogP contribution in [0.15, 0.2) is 30.3 Å². The highest BCUT2D eigenvalue weighted by molar-refractivity contribution is 5.20. The molecule has 25 heavy (non-hydrogen) atoms. The zero-order valence-corrected chi connectivity index (χ0v) is 15.5. The molecule has 0 aliphatic carbocycles. The zero-order chi connectivity index (χ0) is 18.0. The summed E-state index contributed by atoms with van der Waals surface area (Å²) in [4.78, 5) is 0. The van der Waals surface area contributed by atoms with E-state index >= 15 is 0 Å². The Bertz CT molecular complexity index is 385. The van der Waals surface area contributed by atoms with Gasteiger partial charge in [0.1, 0.15) is 12.4 Å². The molecule has 6 nitrogen and oxygen atoms in total. The Morgan fingerprint density at radius 3 is 1.52 bits per heavy atom. The molecule has 0 spiro atoms. The molecule has 0 heterocycles. The van der Waals surface area contributed by atoms with Gasteiger partial charge in [-0.05, 0) is 26.0 Å². The third-order valence-corrected chi connectivity index (χ3v) is 3.03. The van der Waals surface area contributed by atoms with E-state index in [1.165, 1.54) is 0 Å². The fourth-order valence-corrected chi connectivity index (χ4v) is 1.84. The van der Waals surface area contributed by atoms with E-state index < -0.39 is 0 Å². The molecule has 0 saturated carbocycles. The maximum atomic E-state index is 5.52. The Morgan fingerprint density at radius 1 is 0.600 bits per heavy atom. The van der Waals surface area contributed by atoms with E-state index in [2.05, 4.69) is 0 Å². The summed E-state index contributed by atoms with van der Waals surface area (Å²) in [7, 11) is 0. The van der Waals surface area contributed by atoms with Gasteiger partial charge in [0.05, 0.1) is 65.6 Å². The van der Waals surface area contributed by atoms with Gasteiger partial charge < -0.3 is 28.4 Å². The molecule has 0 N–H and O–H groups in total. The van der Waals surface area contributed by atoms with Gasteiger partial charge in [-0.3, -0.25) is 0 Å². The van der Waals surface area contributed by atoms with Crippen LogP contribution in [0.4, 0.5) is 0 Å². The van der Waals surface area contributed by atoms with E-state index in [4.69, 9.17) is 28.4 Å². The molecule has 6 heteroatoms. The number of hydrogen-bond acceptors (Lipinski definition) is 6. The van der Waals surface area contributed by atoms with Crippen LogP contribution < -0.4 is 4.74 Å². The summed E-state index contributed by atoms with van der Waals surface area (Å²) in [6, 6.07) is 9.70. The highest BCUT2D eigenvalue weighted by atomic mass is 16.6. The fraction of sp³-hybridized carbons (Fsp3) is 0.684. The molecule has 0 aromatic heterocycles. The molecule has 144 valence electrons. The average molecular weight is 356 g/mol. The maximum absolute atomic E-state index is 5.52. The third kappa shape index (κ3) is 14.8. The molecule has 0 atom stereocenters. The van der Waals surface area contributed by atoms with Gasteiger partial charge >= 0.3 is 0 Å². The summed E-state index contributed by atoms with van der Waals surface area (Å²) >= 11 is 0. The van der Waals surface area contributed by atoms with E-state index in [-0.39, 0.29) is 6.10 Å². The van der Waals surface area contributed by atoms with Crippen molar-refractivity contribution in [3.05, 3.63) is 30.3 Å². The van der Waals surface area contributed by atoms with Gasteiger partial charge in [0, 0.05) is 0 Å². The predicted molar refractivity (Wildman–Crippen MR) is 96.3 cm³/mol. The lowest BCUT2D eigenvalue weighted by Crippen LogP contribution is -2.15. The van der Waals surface area contributed by atoms with Crippen molar-refractivity contribution in [1.82, 2.24) is 0 Å². The molecular weight excluding hydrogens is 324 g/mol. The summed E-state index contributed by atoms with van der Waals surface area (Å²) < 4.78 is 32.5. The second-order valence-electron chi connectivity index (χ2n) is 5.53. The number of ether oxygens (including phenoxy) is 6. The molecule has 0 aliphatic heterocycles. The lowest BCUT2D eigenvalue weighted by molar-refractivity contribution is -0.0186. The number of hydrogen-bond donors (Lipinski definition) is 0. The molecule has 1 aromatic rings. The molecule has 1 aromatic carbocycles. The molecule has 0 unspecified atom stereocenters. The van der Waals surface area contributed by atoms with Crippen LogP contribution in [-0.4, -0.2) is 72.2 Å². The molecule has 0 bridgehead atoms. The van der Waals surface area contributed by atoms with Crippen molar-refractivity contribution < 1.29 is 28.4 Å². The summed E-state index contributed by atoms with van der Waals surface area (Å²) in [5, 5.41) is 0. The van der Waals surface area contributed by atoms with Gasteiger partial charge in [-0.15, -0.1) is 0 Å². The number of rotatable bonds is 17. The van der Waals surface area contributed by atoms with Gasteiger partial charge in [0.2, 0.25) is 0 Å². The van der Waals surface area contributed by atoms with Gasteiger partial charge in [0.25, 0.3) is 0 Å². The van der Waals surface area contributed by atoms with Crippen LogP contribution in [0.1, 0.15) is 13.8 Å². The Labute approximate surface area is 151 Å². The molecule has 0 fully saturated rings. The largest absolute Gasteiger partial charge is 0.491 e. The smallest absolute Gasteiger partial charge is 0.119 e. The van der Waals surface area contributed by atoms with Crippen LogP contribution in [0, 0.1) is 0 Å². The van der Waals surface area contributed by atoms with Crippen molar-refractivity contribution in [1.29, 1.82) is 0 Å². The lowest BCUT2D eigenvalue weighted by atomic mass is 10.3. The maximum Gasteiger partial charge on any atom is 0.119 e. The summed E-state index contributed by atoms with van der Waals surface area (Å²) in [5.41, 5.74) is 0. The monoisotopic (exact) mass is 356 g/mol. The Morgan fingerprint density at radius 2 is 1.04 bits per heavy atom. The van der Waals surface area contributed by atoms with Crippen molar-refractivity contribution in [2.45, 2.75) is 20.0 Å². The summed E-state index contributed by atoms with van der Waals surface area (Å²) in [6.45, 7) is 9.68. The van der Waals surface area contributed by atoms with E-state index in [1.807, 2.05) is 44.2 Å². The third-order valence-electron chi connectivity index (χ3n) is 3.03. The SMILES string of the molecule is CC(C)OCCOCCOCCOCCOCCOc1ccccc1. The van der Waals surface area contributed by atoms with E-state index in [0.717, 1.165) is 5.75 Å². The number of para-hydroxylation sites is 1. The van der Waals surface area contributed by atoms with Gasteiger partial charge in [-0.25, -0.2) is 0 Å². The standard InChI is InChI=1S/C19H32O6/c1-18(2)24-16-14-22-12-10-20-8-9-21-11-13-23-15-17-25-19-6-4-3-5-7-19/h3-7,18H,8-17H2,1-2H3. The summed E-state index contributed by atoms with van der Waals surface area (Å²) in [5.74, 6) is 0.857. The molecule has 0 saturated heterocycles. The molecule has 0 aliphatic rings. The first-order chi connectivity index (χ1) is 12.3. The zero-order valence-electron chi connectivity index (χ0n) is 15.5. The van der Waals surface area contributed by atoms with Gasteiger partial charge in [0.15, 0.2) is 0 Å². The minimum Gasteiger partial charge on any atom is -0.491 e. The first-order valence-corrected chi connectivity index (χ1v) is 8.89.